The molecule has 3 aliphatic rings. The molecule has 3 nitrogen and oxygen atoms in total. The van der Waals surface area contributed by atoms with Crippen LogP contribution in [0.1, 0.15) is 69.5 Å². The highest BCUT2D eigenvalue weighted by atomic mass is 16.1. The van der Waals surface area contributed by atoms with Gasteiger partial charge in [-0.1, -0.05) is 42.0 Å². The van der Waals surface area contributed by atoms with Gasteiger partial charge in [-0.15, -0.1) is 0 Å². The van der Waals surface area contributed by atoms with Crippen LogP contribution in [0, 0.1) is 12.8 Å². The van der Waals surface area contributed by atoms with Crippen LogP contribution in [0.2, 0.25) is 0 Å². The molecule has 3 heteroatoms. The molecule has 2 aliphatic heterocycles. The number of hydrogen-bond acceptors (Lipinski definition) is 2. The Kier molecular flexibility index (Phi) is 5.73. The largest absolute Gasteiger partial charge is 0.356 e. The summed E-state index contributed by atoms with van der Waals surface area (Å²) in [5, 5.41) is 3.06. The molecule has 1 aromatic carbocycles. The molecule has 2 bridgehead atoms. The zero-order valence-corrected chi connectivity index (χ0v) is 17.6. The number of amides is 1. The van der Waals surface area contributed by atoms with Gasteiger partial charge in [-0.25, -0.2) is 0 Å². The average Bonchev–Trinajstić information content (AvgIpc) is 2.94. The summed E-state index contributed by atoms with van der Waals surface area (Å²) in [6, 6.07) is 10.2. The molecule has 1 N–H and O–H groups in total. The molecular formula is C25H34N2O. The monoisotopic (exact) mass is 378 g/mol. The average molecular weight is 379 g/mol. The second kappa shape index (κ2) is 8.24. The molecule has 28 heavy (non-hydrogen) atoms. The number of nitrogens with zero attached hydrogens (tertiary/aromatic N) is 1. The highest BCUT2D eigenvalue weighted by Gasteiger charge is 2.46. The van der Waals surface area contributed by atoms with Crippen molar-refractivity contribution >= 4 is 5.91 Å². The Morgan fingerprint density at radius 2 is 1.89 bits per heavy atom. The minimum Gasteiger partial charge on any atom is -0.356 e. The van der Waals surface area contributed by atoms with E-state index in [0.717, 1.165) is 25.8 Å². The summed E-state index contributed by atoms with van der Waals surface area (Å²) < 4.78 is 0. The van der Waals surface area contributed by atoms with Gasteiger partial charge < -0.3 is 5.32 Å². The summed E-state index contributed by atoms with van der Waals surface area (Å²) in [6.07, 6.45) is 11.5. The van der Waals surface area contributed by atoms with Crippen molar-refractivity contribution in [3.8, 4) is 0 Å². The molecule has 1 aromatic rings. The van der Waals surface area contributed by atoms with Crippen LogP contribution in [0.25, 0.3) is 0 Å². The van der Waals surface area contributed by atoms with Crippen molar-refractivity contribution in [1.82, 2.24) is 10.2 Å². The van der Waals surface area contributed by atoms with Gasteiger partial charge in [-0.05, 0) is 76.0 Å². The van der Waals surface area contributed by atoms with Crippen LogP contribution in [0.3, 0.4) is 0 Å². The van der Waals surface area contributed by atoms with Gasteiger partial charge in [0.1, 0.15) is 0 Å². The maximum absolute atomic E-state index is 12.5. The van der Waals surface area contributed by atoms with E-state index in [1.807, 2.05) is 6.92 Å². The number of nitrogens with one attached hydrogen (secondary N) is 1. The topological polar surface area (TPSA) is 32.3 Å². The van der Waals surface area contributed by atoms with E-state index in [0.29, 0.717) is 18.1 Å². The van der Waals surface area contributed by atoms with Gasteiger partial charge >= 0.3 is 0 Å². The van der Waals surface area contributed by atoms with Crippen molar-refractivity contribution in [3.05, 3.63) is 58.7 Å². The van der Waals surface area contributed by atoms with Gasteiger partial charge in [0.05, 0.1) is 6.04 Å². The molecule has 1 aliphatic carbocycles. The number of allylic oxidation sites excluding steroid dienone is 2. The molecule has 0 spiro atoms. The maximum atomic E-state index is 12.5. The molecule has 3 atom stereocenters. The first kappa shape index (κ1) is 19.4. The van der Waals surface area contributed by atoms with E-state index in [-0.39, 0.29) is 11.8 Å². The van der Waals surface area contributed by atoms with E-state index < -0.39 is 0 Å². The van der Waals surface area contributed by atoms with Crippen molar-refractivity contribution in [1.29, 1.82) is 0 Å². The third-order valence-electron chi connectivity index (χ3n) is 7.06. The second-order valence-corrected chi connectivity index (χ2v) is 8.83. The fraction of sp³-hybridized carbons (Fsp3) is 0.560. The SMILES string of the molecule is CCNC(=O)C1CC2CCC(C1)N2C(C1=C(C)CCC=C1)c1ccccc1C. The summed E-state index contributed by atoms with van der Waals surface area (Å²) in [7, 11) is 0. The summed E-state index contributed by atoms with van der Waals surface area (Å²) in [4.78, 5) is 15.3. The van der Waals surface area contributed by atoms with Crippen molar-refractivity contribution in [2.24, 2.45) is 5.92 Å². The summed E-state index contributed by atoms with van der Waals surface area (Å²) in [5.74, 6) is 0.447. The van der Waals surface area contributed by atoms with Crippen molar-refractivity contribution in [3.63, 3.8) is 0 Å². The number of carbonyl (C=O) groups excluding carboxylic acids is 1. The lowest BCUT2D eigenvalue weighted by Crippen LogP contribution is -2.49. The Morgan fingerprint density at radius 1 is 1.18 bits per heavy atom. The Morgan fingerprint density at radius 3 is 2.54 bits per heavy atom. The first-order valence-electron chi connectivity index (χ1n) is 11.1. The Bertz CT molecular complexity index is 779. The first-order chi connectivity index (χ1) is 13.6. The van der Waals surface area contributed by atoms with E-state index in [2.05, 4.69) is 60.5 Å². The number of rotatable bonds is 5. The van der Waals surface area contributed by atoms with Crippen LogP contribution >= 0.6 is 0 Å². The van der Waals surface area contributed by atoms with Crippen LogP contribution in [0.15, 0.2) is 47.6 Å². The van der Waals surface area contributed by atoms with E-state index in [9.17, 15) is 4.79 Å². The lowest BCUT2D eigenvalue weighted by Gasteiger charge is -2.45. The number of benzene rings is 1. The molecule has 1 amide bonds. The van der Waals surface area contributed by atoms with Gasteiger partial charge in [-0.3, -0.25) is 9.69 Å². The number of fused-ring (bicyclic) bond motifs is 2. The van der Waals surface area contributed by atoms with Crippen LogP contribution in [-0.2, 0) is 4.79 Å². The van der Waals surface area contributed by atoms with Crippen molar-refractivity contribution in [2.75, 3.05) is 6.54 Å². The molecule has 0 saturated carbocycles. The van der Waals surface area contributed by atoms with E-state index in [1.54, 1.807) is 0 Å². The van der Waals surface area contributed by atoms with Gasteiger partial charge in [-0.2, -0.15) is 0 Å². The number of aryl methyl sites for hydroxylation is 1. The highest BCUT2D eigenvalue weighted by molar-refractivity contribution is 5.78. The lowest BCUT2D eigenvalue weighted by molar-refractivity contribution is -0.127. The minimum atomic E-state index is 0.184. The predicted octanol–water partition coefficient (Wildman–Crippen LogP) is 5.08. The first-order valence-corrected chi connectivity index (χ1v) is 11.1. The fourth-order valence-corrected chi connectivity index (χ4v) is 5.67. The minimum absolute atomic E-state index is 0.184. The normalized spacial score (nSPS) is 28.5. The predicted molar refractivity (Wildman–Crippen MR) is 115 cm³/mol. The number of carbonyl (C=O) groups is 1. The molecule has 150 valence electrons. The summed E-state index contributed by atoms with van der Waals surface area (Å²) in [6.45, 7) is 7.30. The standard InChI is InChI=1S/C25H34N2O/c1-4-26-25(28)19-15-20-13-14-21(16-19)27(20)24(22-11-7-5-9-17(22)2)23-12-8-6-10-18(23)3/h5,7-9,11-12,19-21,24H,4,6,10,13-16H2,1-3H3,(H,26,28). The van der Waals surface area contributed by atoms with Crippen LogP contribution in [-0.4, -0.2) is 29.4 Å². The van der Waals surface area contributed by atoms with Crippen LogP contribution < -0.4 is 5.32 Å². The molecular weight excluding hydrogens is 344 g/mol. The lowest BCUT2D eigenvalue weighted by atomic mass is 9.82. The van der Waals surface area contributed by atoms with Gasteiger partial charge in [0.15, 0.2) is 0 Å². The molecule has 3 unspecified atom stereocenters. The third kappa shape index (κ3) is 3.57. The van der Waals surface area contributed by atoms with E-state index in [1.165, 1.54) is 41.5 Å². The van der Waals surface area contributed by atoms with Gasteiger partial charge in [0.2, 0.25) is 5.91 Å². The Labute approximate surface area is 169 Å². The molecule has 2 fully saturated rings. The Hall–Kier alpha value is -1.87. The number of hydrogen-bond donors (Lipinski definition) is 1. The smallest absolute Gasteiger partial charge is 0.223 e. The zero-order valence-electron chi connectivity index (χ0n) is 17.6. The quantitative estimate of drug-likeness (QED) is 0.775. The molecule has 4 rings (SSSR count). The van der Waals surface area contributed by atoms with Crippen LogP contribution in [0.4, 0.5) is 0 Å². The molecule has 2 heterocycles. The van der Waals surface area contributed by atoms with Gasteiger partial charge in [0.25, 0.3) is 0 Å². The molecule has 0 radical (unpaired) electrons. The highest BCUT2D eigenvalue weighted by Crippen LogP contribution is 2.48. The Balaban J connectivity index is 1.70. The summed E-state index contributed by atoms with van der Waals surface area (Å²) in [5.41, 5.74) is 5.84. The maximum Gasteiger partial charge on any atom is 0.223 e. The third-order valence-corrected chi connectivity index (χ3v) is 7.06. The van der Waals surface area contributed by atoms with Gasteiger partial charge in [0, 0.05) is 24.5 Å². The van der Waals surface area contributed by atoms with Crippen LogP contribution in [0.5, 0.6) is 0 Å². The van der Waals surface area contributed by atoms with E-state index >= 15 is 0 Å². The number of piperidine rings is 1. The van der Waals surface area contributed by atoms with E-state index in [4.69, 9.17) is 0 Å². The zero-order chi connectivity index (χ0) is 19.7. The fourth-order valence-electron chi connectivity index (χ4n) is 5.67. The summed E-state index contributed by atoms with van der Waals surface area (Å²) >= 11 is 0. The van der Waals surface area contributed by atoms with Crippen molar-refractivity contribution < 1.29 is 4.79 Å². The molecule has 0 aromatic heterocycles. The molecule has 2 saturated heterocycles. The van der Waals surface area contributed by atoms with Crippen molar-refractivity contribution in [2.45, 2.75) is 77.4 Å². The second-order valence-electron chi connectivity index (χ2n) is 8.83.